The first-order valence-corrected chi connectivity index (χ1v) is 8.66. The van der Waals surface area contributed by atoms with E-state index in [1.54, 1.807) is 6.07 Å². The van der Waals surface area contributed by atoms with Gasteiger partial charge < -0.3 is 15.3 Å². The lowest BCUT2D eigenvalue weighted by Crippen LogP contribution is -2.44. The van der Waals surface area contributed by atoms with Gasteiger partial charge in [0.25, 0.3) is 0 Å². The fraction of sp³-hybridized carbons (Fsp3) is 0.684. The minimum absolute atomic E-state index is 0.0651. The van der Waals surface area contributed by atoms with Crippen LogP contribution in [0.3, 0.4) is 0 Å². The molecule has 0 bridgehead atoms. The summed E-state index contributed by atoms with van der Waals surface area (Å²) in [6.07, 6.45) is 5.08. The molecular weight excluding hydrogens is 276 g/mol. The van der Waals surface area contributed by atoms with E-state index in [1.165, 1.54) is 5.56 Å². The molecule has 4 rings (SSSR count). The zero-order chi connectivity index (χ0) is 15.5. The molecule has 120 valence electrons. The van der Waals surface area contributed by atoms with Gasteiger partial charge >= 0.3 is 0 Å². The normalized spacial score (nSPS) is 43.3. The first-order valence-electron chi connectivity index (χ1n) is 8.66. The lowest BCUT2D eigenvalue weighted by atomic mass is 9.54. The van der Waals surface area contributed by atoms with E-state index in [1.807, 2.05) is 6.07 Å². The number of hydrogen-bond acceptors (Lipinski definition) is 3. The maximum atomic E-state index is 10.4. The second-order valence-electron chi connectivity index (χ2n) is 7.94. The second kappa shape index (κ2) is 4.97. The number of fused-ring (bicyclic) bond motifs is 5. The smallest absolute Gasteiger partial charge is 0.115 e. The molecule has 2 saturated carbocycles. The van der Waals surface area contributed by atoms with E-state index in [-0.39, 0.29) is 24.0 Å². The van der Waals surface area contributed by atoms with E-state index in [4.69, 9.17) is 0 Å². The summed E-state index contributed by atoms with van der Waals surface area (Å²) in [6.45, 7) is 2.41. The Morgan fingerprint density at radius 2 is 2.00 bits per heavy atom. The lowest BCUT2D eigenvalue weighted by molar-refractivity contribution is -0.0265. The topological polar surface area (TPSA) is 60.7 Å². The van der Waals surface area contributed by atoms with Crippen LogP contribution in [0, 0.1) is 17.3 Å². The maximum absolute atomic E-state index is 10.4. The molecule has 3 aliphatic carbocycles. The number of aromatic hydroxyl groups is 1. The van der Waals surface area contributed by atoms with Gasteiger partial charge in [-0.25, -0.2) is 0 Å². The monoisotopic (exact) mass is 302 g/mol. The third kappa shape index (κ3) is 1.88. The van der Waals surface area contributed by atoms with Crippen molar-refractivity contribution in [3.63, 3.8) is 0 Å². The van der Waals surface area contributed by atoms with E-state index in [9.17, 15) is 15.3 Å². The Morgan fingerprint density at radius 3 is 2.77 bits per heavy atom. The number of phenols is 1. The highest BCUT2D eigenvalue weighted by atomic mass is 16.3. The zero-order valence-electron chi connectivity index (χ0n) is 13.2. The van der Waals surface area contributed by atoms with Crippen molar-refractivity contribution >= 4 is 0 Å². The van der Waals surface area contributed by atoms with E-state index in [0.717, 1.165) is 37.7 Å². The second-order valence-corrected chi connectivity index (χ2v) is 7.94. The van der Waals surface area contributed by atoms with Gasteiger partial charge in [-0.2, -0.15) is 0 Å². The van der Waals surface area contributed by atoms with Crippen LogP contribution in [0.1, 0.15) is 62.0 Å². The van der Waals surface area contributed by atoms with Gasteiger partial charge in [0, 0.05) is 12.5 Å². The van der Waals surface area contributed by atoms with Crippen molar-refractivity contribution in [1.29, 1.82) is 0 Å². The molecule has 3 nitrogen and oxygen atoms in total. The van der Waals surface area contributed by atoms with E-state index >= 15 is 0 Å². The van der Waals surface area contributed by atoms with E-state index in [0.29, 0.717) is 23.5 Å². The van der Waals surface area contributed by atoms with Crippen LogP contribution < -0.4 is 0 Å². The summed E-state index contributed by atoms with van der Waals surface area (Å²) in [6, 6.07) is 5.70. The molecule has 0 unspecified atom stereocenters. The van der Waals surface area contributed by atoms with Gasteiger partial charge in [-0.1, -0.05) is 13.0 Å². The molecule has 0 aliphatic heterocycles. The Bertz CT molecular complexity index is 584. The number of rotatable bonds is 1. The molecule has 22 heavy (non-hydrogen) atoms. The summed E-state index contributed by atoms with van der Waals surface area (Å²) in [5.74, 6) is 2.08. The highest BCUT2D eigenvalue weighted by Crippen LogP contribution is 2.62. The van der Waals surface area contributed by atoms with Crippen LogP contribution in [0.2, 0.25) is 0 Å². The summed E-state index contributed by atoms with van der Waals surface area (Å²) in [5, 5.41) is 30.1. The number of aliphatic hydroxyl groups is 2. The van der Waals surface area contributed by atoms with Crippen LogP contribution in [0.5, 0.6) is 5.75 Å². The minimum atomic E-state index is -0.160. The van der Waals surface area contributed by atoms with Gasteiger partial charge in [0.15, 0.2) is 0 Å². The quantitative estimate of drug-likeness (QED) is 0.747. The molecule has 3 heteroatoms. The average Bonchev–Trinajstić information content (AvgIpc) is 2.82. The van der Waals surface area contributed by atoms with Crippen molar-refractivity contribution < 1.29 is 15.3 Å². The molecule has 0 amide bonds. The Hall–Kier alpha value is -1.06. The van der Waals surface area contributed by atoms with Gasteiger partial charge in [0.2, 0.25) is 0 Å². The van der Waals surface area contributed by atoms with Crippen molar-refractivity contribution in [1.82, 2.24) is 0 Å². The maximum Gasteiger partial charge on any atom is 0.115 e. The Balaban J connectivity index is 1.76. The van der Waals surface area contributed by atoms with Gasteiger partial charge in [0.1, 0.15) is 5.75 Å². The van der Waals surface area contributed by atoms with Gasteiger partial charge in [-0.3, -0.25) is 0 Å². The van der Waals surface area contributed by atoms with Crippen LogP contribution >= 0.6 is 0 Å². The molecule has 0 radical (unpaired) electrons. The minimum Gasteiger partial charge on any atom is -0.508 e. The van der Waals surface area contributed by atoms with Crippen molar-refractivity contribution in [2.75, 3.05) is 6.61 Å². The van der Waals surface area contributed by atoms with Gasteiger partial charge in [-0.15, -0.1) is 0 Å². The molecule has 1 aromatic rings. The van der Waals surface area contributed by atoms with Crippen molar-refractivity contribution in [3.05, 3.63) is 29.3 Å². The number of hydrogen-bond donors (Lipinski definition) is 3. The van der Waals surface area contributed by atoms with Gasteiger partial charge in [0.05, 0.1) is 6.10 Å². The Morgan fingerprint density at radius 1 is 1.18 bits per heavy atom. The van der Waals surface area contributed by atoms with Crippen molar-refractivity contribution in [3.8, 4) is 5.75 Å². The molecule has 0 aromatic heterocycles. The Labute approximate surface area is 132 Å². The summed E-state index contributed by atoms with van der Waals surface area (Å²) in [4.78, 5) is 0. The van der Waals surface area contributed by atoms with Crippen LogP contribution in [-0.4, -0.2) is 28.0 Å². The van der Waals surface area contributed by atoms with Crippen molar-refractivity contribution in [2.45, 2.75) is 57.0 Å². The molecule has 3 N–H and O–H groups in total. The SMILES string of the molecule is C[C@]12CC[C@@H]3c4ccc(O)cc4[C@@H](CO)C[C@H]3[C@@H]1CC[C@@H]2O. The fourth-order valence-electron chi connectivity index (χ4n) is 5.86. The standard InChI is InChI=1S/C19H26O3/c1-19-7-6-14-13-3-2-12(21)9-15(13)11(10-20)8-16(14)17(19)4-5-18(19)22/h2-3,9,11,14,16-18,20-22H,4-8,10H2,1H3/t11-,14-,16-,17+,18+,19+/m1/s1. The number of phenolic OH excluding ortho intramolecular Hbond substituents is 1. The summed E-state index contributed by atoms with van der Waals surface area (Å²) >= 11 is 0. The molecular formula is C19H26O3. The third-order valence-corrected chi connectivity index (χ3v) is 7.07. The molecule has 2 fully saturated rings. The zero-order valence-corrected chi connectivity index (χ0v) is 13.2. The molecule has 0 saturated heterocycles. The molecule has 0 heterocycles. The predicted octanol–water partition coefficient (Wildman–Crippen LogP) is 3.14. The predicted molar refractivity (Wildman–Crippen MR) is 84.9 cm³/mol. The molecule has 1 aromatic carbocycles. The van der Waals surface area contributed by atoms with Crippen LogP contribution in [0.15, 0.2) is 18.2 Å². The Kier molecular flexibility index (Phi) is 3.28. The lowest BCUT2D eigenvalue weighted by Gasteiger charge is -2.51. The third-order valence-electron chi connectivity index (χ3n) is 7.07. The molecule has 0 spiro atoms. The summed E-state index contributed by atoms with van der Waals surface area (Å²) in [7, 11) is 0. The fourth-order valence-corrected chi connectivity index (χ4v) is 5.86. The molecule has 3 aliphatic rings. The largest absolute Gasteiger partial charge is 0.508 e. The summed E-state index contributed by atoms with van der Waals surface area (Å²) < 4.78 is 0. The number of benzene rings is 1. The van der Waals surface area contributed by atoms with E-state index in [2.05, 4.69) is 13.0 Å². The molecule has 6 atom stereocenters. The van der Waals surface area contributed by atoms with Crippen LogP contribution in [-0.2, 0) is 0 Å². The van der Waals surface area contributed by atoms with Crippen LogP contribution in [0.4, 0.5) is 0 Å². The first-order chi connectivity index (χ1) is 10.5. The van der Waals surface area contributed by atoms with Crippen LogP contribution in [0.25, 0.3) is 0 Å². The van der Waals surface area contributed by atoms with E-state index < -0.39 is 0 Å². The summed E-state index contributed by atoms with van der Waals surface area (Å²) in [5.41, 5.74) is 2.54. The highest BCUT2D eigenvalue weighted by Gasteiger charge is 2.55. The highest BCUT2D eigenvalue weighted by molar-refractivity contribution is 5.42. The van der Waals surface area contributed by atoms with Gasteiger partial charge in [-0.05, 0) is 78.5 Å². The van der Waals surface area contributed by atoms with Crippen molar-refractivity contribution in [2.24, 2.45) is 17.3 Å². The first kappa shape index (κ1) is 14.5. The average molecular weight is 302 g/mol. The number of aliphatic hydroxyl groups excluding tert-OH is 2.